The van der Waals surface area contributed by atoms with Crippen LogP contribution in [-0.2, 0) is 28.9 Å². The molecule has 4 aromatic carbocycles. The number of nitrogens with zero attached hydrogens (tertiary/aromatic N) is 4. The number of alkyl halides is 3. The van der Waals surface area contributed by atoms with Crippen LogP contribution < -0.4 is 21.8 Å². The first kappa shape index (κ1) is 47.4. The molecule has 6 N–H and O–H groups in total. The number of aromatic hydroxyl groups is 2. The van der Waals surface area contributed by atoms with E-state index >= 15 is 0 Å². The molecule has 4 aromatic heterocycles. The Morgan fingerprint density at radius 2 is 1.09 bits per heavy atom. The minimum atomic E-state index is -4.53. The van der Waals surface area contributed by atoms with E-state index in [1.165, 1.54) is 45.0 Å². The van der Waals surface area contributed by atoms with Gasteiger partial charge in [-0.2, -0.15) is 13.2 Å². The number of hydrogen-bond donors (Lipinski definition) is 6. The lowest BCUT2D eigenvalue weighted by Crippen LogP contribution is -2.42. The second-order valence-corrected chi connectivity index (χ2v) is 15.7. The van der Waals surface area contributed by atoms with E-state index in [1.807, 2.05) is 60.7 Å². The Hall–Kier alpha value is -8.58. The number of carboxylic acid groups (broad SMARTS) is 2. The summed E-state index contributed by atoms with van der Waals surface area (Å²) < 4.78 is 43.8. The van der Waals surface area contributed by atoms with Gasteiger partial charge in [0.05, 0.1) is 23.7 Å². The van der Waals surface area contributed by atoms with Crippen molar-refractivity contribution < 1.29 is 52.8 Å². The number of aliphatic carboxylic acids is 2. The third-order valence-corrected chi connectivity index (χ3v) is 10.8. The molecule has 348 valence electrons. The largest absolute Gasteiger partial charge is 0.505 e. The Bertz CT molecular complexity index is 3330. The average Bonchev–Trinajstić information content (AvgIpc) is 3.94. The van der Waals surface area contributed by atoms with Crippen LogP contribution in [0.2, 0.25) is 5.02 Å². The highest BCUT2D eigenvalue weighted by molar-refractivity contribution is 6.31. The summed E-state index contributed by atoms with van der Waals surface area (Å²) in [6.45, 7) is 0.342. The number of hydrogen-bond acceptors (Lipinski definition) is 8. The summed E-state index contributed by atoms with van der Waals surface area (Å²) in [4.78, 5) is 73.7. The summed E-state index contributed by atoms with van der Waals surface area (Å²) in [5.74, 6) is -5.92. The first-order chi connectivity index (χ1) is 32.3. The number of benzene rings is 4. The van der Waals surface area contributed by atoms with E-state index in [0.717, 1.165) is 39.1 Å². The van der Waals surface area contributed by atoms with Gasteiger partial charge in [-0.3, -0.25) is 37.8 Å². The van der Waals surface area contributed by atoms with Crippen molar-refractivity contribution >= 4 is 46.4 Å². The third-order valence-electron chi connectivity index (χ3n) is 10.6. The highest BCUT2D eigenvalue weighted by atomic mass is 35.5. The molecule has 16 nitrogen and oxygen atoms in total. The number of carbonyl (C=O) groups excluding carboxylic acids is 2. The molecule has 0 aliphatic heterocycles. The summed E-state index contributed by atoms with van der Waals surface area (Å²) in [7, 11) is 0. The van der Waals surface area contributed by atoms with Gasteiger partial charge in [-0.25, -0.2) is 9.36 Å². The van der Waals surface area contributed by atoms with Crippen molar-refractivity contribution in [2.75, 3.05) is 6.54 Å². The van der Waals surface area contributed by atoms with Crippen LogP contribution in [0.3, 0.4) is 0 Å². The topological polar surface area (TPSA) is 226 Å². The number of amides is 2. The van der Waals surface area contributed by atoms with E-state index in [4.69, 9.17) is 21.8 Å². The van der Waals surface area contributed by atoms with Crippen LogP contribution in [0, 0.1) is 0 Å². The monoisotopic (exact) mass is 950 g/mol. The maximum absolute atomic E-state index is 13.3. The maximum Gasteiger partial charge on any atom is 0.416 e. The molecular weight excluding hydrogens is 913 g/mol. The Kier molecular flexibility index (Phi) is 13.6. The minimum Gasteiger partial charge on any atom is -0.505 e. The van der Waals surface area contributed by atoms with Gasteiger partial charge in [0, 0.05) is 18.0 Å². The SMILES string of the molecule is CC(NC(=O)c1c(O)c2cc(Cl)cn2n(Cc2ccc(-c3ccccc3)cc2)c1=O)C(=O)O.O=C(O)CNC(=O)c1c(O)c2cc(-c3ccccc3)cn2n(Cc2ccc(C(F)(F)F)cc2)c1=O. The van der Waals surface area contributed by atoms with E-state index < -0.39 is 81.8 Å². The van der Waals surface area contributed by atoms with Crippen molar-refractivity contribution in [3.05, 3.63) is 187 Å². The third kappa shape index (κ3) is 10.1. The summed E-state index contributed by atoms with van der Waals surface area (Å²) >= 11 is 6.10. The van der Waals surface area contributed by atoms with Crippen LogP contribution in [-0.4, -0.2) is 75.2 Å². The molecule has 0 radical (unpaired) electrons. The van der Waals surface area contributed by atoms with E-state index in [0.29, 0.717) is 11.1 Å². The summed E-state index contributed by atoms with van der Waals surface area (Å²) in [5, 5.41) is 43.8. The number of carboxylic acids is 2. The lowest BCUT2D eigenvalue weighted by Gasteiger charge is -2.16. The Labute approximate surface area is 386 Å². The van der Waals surface area contributed by atoms with Gasteiger partial charge in [0.2, 0.25) is 0 Å². The molecule has 4 heterocycles. The van der Waals surface area contributed by atoms with E-state index in [2.05, 4.69) is 10.6 Å². The van der Waals surface area contributed by atoms with Gasteiger partial charge in [-0.05, 0) is 59.0 Å². The van der Waals surface area contributed by atoms with Crippen molar-refractivity contribution in [1.29, 1.82) is 0 Å². The predicted molar refractivity (Wildman–Crippen MR) is 243 cm³/mol. The molecule has 0 bridgehead atoms. The van der Waals surface area contributed by atoms with Gasteiger partial charge in [0.15, 0.2) is 11.5 Å². The Morgan fingerprint density at radius 3 is 1.59 bits per heavy atom. The number of rotatable bonds is 12. The molecule has 20 heteroatoms. The van der Waals surface area contributed by atoms with Gasteiger partial charge in [0.1, 0.15) is 34.7 Å². The fraction of sp³-hybridized carbons (Fsp3) is 0.125. The van der Waals surface area contributed by atoms with Crippen LogP contribution in [0.1, 0.15) is 44.3 Å². The molecule has 0 saturated heterocycles. The zero-order valence-electron chi connectivity index (χ0n) is 35.4. The van der Waals surface area contributed by atoms with E-state index in [1.54, 1.807) is 36.5 Å². The zero-order chi connectivity index (χ0) is 49.0. The Morgan fingerprint density at radius 1 is 0.632 bits per heavy atom. The second-order valence-electron chi connectivity index (χ2n) is 15.3. The molecule has 68 heavy (non-hydrogen) atoms. The number of nitrogens with one attached hydrogen (secondary N) is 2. The standard InChI is InChI=1S/C24H20ClN3O5.C24H18F3N3O5/c1-14(24(32)33)26-22(30)20-21(29)19-11-18(25)13-27(19)28(23(20)31)12-15-7-9-17(10-8-15)16-5-3-2-4-6-16;25-24(26,27)17-8-6-14(7-9-17)12-30-23(35)20(22(34)28-11-19(31)32)21(33)18-10-16(13-29(18)30)15-4-2-1-3-5-15/h2-11,13-14,29H,12H2,1H3,(H,26,30)(H,32,33);1-10,13,33H,11-12H2,(H,28,34)(H,31,32). The molecule has 0 saturated carbocycles. The smallest absolute Gasteiger partial charge is 0.416 e. The van der Waals surface area contributed by atoms with Gasteiger partial charge in [-0.15, -0.1) is 0 Å². The molecular formula is C48H38ClF3N6O10. The fourth-order valence-corrected chi connectivity index (χ4v) is 7.38. The maximum atomic E-state index is 13.3. The van der Waals surface area contributed by atoms with E-state index in [-0.39, 0.29) is 29.1 Å². The molecule has 0 spiro atoms. The van der Waals surface area contributed by atoms with Crippen molar-refractivity contribution in [2.24, 2.45) is 0 Å². The lowest BCUT2D eigenvalue weighted by atomic mass is 10.0. The molecule has 8 rings (SSSR count). The quantitative estimate of drug-likeness (QED) is 0.0757. The van der Waals surface area contributed by atoms with Gasteiger partial charge in [-0.1, -0.05) is 109 Å². The summed E-state index contributed by atoms with van der Waals surface area (Å²) in [6, 6.07) is 32.3. The second kappa shape index (κ2) is 19.5. The first-order valence-corrected chi connectivity index (χ1v) is 20.7. The molecule has 0 aliphatic rings. The fourth-order valence-electron chi connectivity index (χ4n) is 7.18. The normalized spacial score (nSPS) is 11.7. The number of halogens is 4. The number of aromatic nitrogens is 4. The van der Waals surface area contributed by atoms with Gasteiger partial charge < -0.3 is 31.1 Å². The van der Waals surface area contributed by atoms with Crippen LogP contribution in [0.15, 0.2) is 143 Å². The predicted octanol–water partition coefficient (Wildman–Crippen LogP) is 6.73. The van der Waals surface area contributed by atoms with Crippen LogP contribution >= 0.6 is 11.6 Å². The highest BCUT2D eigenvalue weighted by Crippen LogP contribution is 2.31. The van der Waals surface area contributed by atoms with Crippen molar-refractivity contribution in [3.8, 4) is 33.8 Å². The average molecular weight is 951 g/mol. The Balaban J connectivity index is 0.000000202. The number of carbonyl (C=O) groups is 4. The highest BCUT2D eigenvalue weighted by Gasteiger charge is 2.31. The van der Waals surface area contributed by atoms with E-state index in [9.17, 15) is 52.2 Å². The van der Waals surface area contributed by atoms with Gasteiger partial charge >= 0.3 is 18.1 Å². The molecule has 1 unspecified atom stereocenters. The van der Waals surface area contributed by atoms with Crippen molar-refractivity contribution in [1.82, 2.24) is 29.0 Å². The number of fused-ring (bicyclic) bond motifs is 2. The summed E-state index contributed by atoms with van der Waals surface area (Å²) in [5.41, 5.74) is 0.932. The molecule has 2 amide bonds. The first-order valence-electron chi connectivity index (χ1n) is 20.3. The minimum absolute atomic E-state index is 0.0795. The van der Waals surface area contributed by atoms with Crippen molar-refractivity contribution in [3.63, 3.8) is 0 Å². The summed E-state index contributed by atoms with van der Waals surface area (Å²) in [6.07, 6.45) is -1.52. The molecule has 1 atom stereocenters. The lowest BCUT2D eigenvalue weighted by molar-refractivity contribution is -0.139. The molecule has 8 aromatic rings. The molecule has 0 aliphatic carbocycles. The van der Waals surface area contributed by atoms with Crippen molar-refractivity contribution in [2.45, 2.75) is 32.2 Å². The van der Waals surface area contributed by atoms with Crippen LogP contribution in [0.4, 0.5) is 13.2 Å². The van der Waals surface area contributed by atoms with Gasteiger partial charge in [0.25, 0.3) is 22.9 Å². The van der Waals surface area contributed by atoms with Crippen LogP contribution in [0.25, 0.3) is 33.3 Å². The van der Waals surface area contributed by atoms with Crippen LogP contribution in [0.5, 0.6) is 11.5 Å². The zero-order valence-corrected chi connectivity index (χ0v) is 36.2. The molecule has 0 fully saturated rings.